The maximum Gasteiger partial charge on any atom is 0.145 e. The van der Waals surface area contributed by atoms with Gasteiger partial charge in [0.15, 0.2) is 0 Å². The van der Waals surface area contributed by atoms with Gasteiger partial charge in [-0.15, -0.1) is 0 Å². The maximum atomic E-state index is 10.1. The van der Waals surface area contributed by atoms with Crippen LogP contribution < -0.4 is 16.2 Å². The highest BCUT2D eigenvalue weighted by atomic mass is 16.3. The van der Waals surface area contributed by atoms with Crippen molar-refractivity contribution in [3.05, 3.63) is 11.9 Å². The van der Waals surface area contributed by atoms with Crippen LogP contribution >= 0.6 is 0 Å². The van der Waals surface area contributed by atoms with Gasteiger partial charge >= 0.3 is 0 Å². The predicted molar refractivity (Wildman–Crippen MR) is 76.0 cm³/mol. The van der Waals surface area contributed by atoms with Gasteiger partial charge in [-0.05, 0) is 13.3 Å². The Hall–Kier alpha value is -1.40. The summed E-state index contributed by atoms with van der Waals surface area (Å²) in [6.07, 6.45) is 0.743. The van der Waals surface area contributed by atoms with E-state index in [-0.39, 0.29) is 5.41 Å². The molecule has 0 spiro atoms. The number of hydrogen-bond acceptors (Lipinski definition) is 6. The van der Waals surface area contributed by atoms with Crippen LogP contribution in [0.25, 0.3) is 0 Å². The van der Waals surface area contributed by atoms with Crippen molar-refractivity contribution in [2.24, 2.45) is 5.84 Å². The fraction of sp³-hybridized carbons (Fsp3) is 0.692. The third-order valence-corrected chi connectivity index (χ3v) is 3.31. The molecule has 1 aromatic heterocycles. The van der Waals surface area contributed by atoms with Crippen molar-refractivity contribution in [2.45, 2.75) is 45.1 Å². The predicted octanol–water partition coefficient (Wildman–Crippen LogP) is 1.02. The zero-order valence-corrected chi connectivity index (χ0v) is 12.1. The molecular weight excluding hydrogens is 242 g/mol. The zero-order chi connectivity index (χ0) is 14.3. The monoisotopic (exact) mass is 265 g/mol. The fourth-order valence-electron chi connectivity index (χ4n) is 2.15. The number of β-amino-alcohol motifs (C(OH)–C–C–N with tert-alkyl or cyclic N) is 1. The van der Waals surface area contributed by atoms with E-state index in [4.69, 9.17) is 5.84 Å². The first kappa shape index (κ1) is 14.0. The number of aliphatic hydroxyl groups is 1. The quantitative estimate of drug-likeness (QED) is 0.546. The number of hydrazine groups is 1. The summed E-state index contributed by atoms with van der Waals surface area (Å²) in [5.41, 5.74) is 1.79. The Bertz CT molecular complexity index is 467. The third kappa shape index (κ3) is 3.13. The van der Waals surface area contributed by atoms with Gasteiger partial charge in [-0.25, -0.2) is 15.8 Å². The summed E-state index contributed by atoms with van der Waals surface area (Å²) < 4.78 is 0. The molecule has 1 aliphatic heterocycles. The summed E-state index contributed by atoms with van der Waals surface area (Å²) in [6, 6.07) is 1.82. The number of nitrogens with one attached hydrogen (secondary N) is 1. The molecule has 1 fully saturated rings. The lowest BCUT2D eigenvalue weighted by atomic mass is 9.96. The van der Waals surface area contributed by atoms with E-state index < -0.39 is 5.60 Å². The first-order valence-corrected chi connectivity index (χ1v) is 6.55. The van der Waals surface area contributed by atoms with Crippen LogP contribution in [-0.4, -0.2) is 33.8 Å². The smallest absolute Gasteiger partial charge is 0.145 e. The Morgan fingerprint density at radius 1 is 1.42 bits per heavy atom. The zero-order valence-electron chi connectivity index (χ0n) is 12.1. The van der Waals surface area contributed by atoms with Gasteiger partial charge in [-0.2, -0.15) is 0 Å². The molecule has 1 saturated heterocycles. The molecule has 0 amide bonds. The second-order valence-electron chi connectivity index (χ2n) is 6.50. The SMILES string of the molecule is CC1(O)CCN(c2cc(NN)nc(C(C)(C)C)n2)C1. The molecule has 0 aromatic carbocycles. The average Bonchev–Trinajstić information content (AvgIpc) is 2.68. The summed E-state index contributed by atoms with van der Waals surface area (Å²) in [5.74, 6) is 7.62. The molecule has 1 atom stereocenters. The van der Waals surface area contributed by atoms with Crippen molar-refractivity contribution in [1.29, 1.82) is 0 Å². The van der Waals surface area contributed by atoms with Crippen LogP contribution in [0.2, 0.25) is 0 Å². The van der Waals surface area contributed by atoms with Crippen molar-refractivity contribution in [3.63, 3.8) is 0 Å². The highest BCUT2D eigenvalue weighted by molar-refractivity contribution is 5.50. The van der Waals surface area contributed by atoms with E-state index in [1.165, 1.54) is 0 Å². The lowest BCUT2D eigenvalue weighted by Gasteiger charge is -2.23. The normalized spacial score (nSPS) is 23.8. The molecule has 106 valence electrons. The van der Waals surface area contributed by atoms with Crippen molar-refractivity contribution in [3.8, 4) is 0 Å². The van der Waals surface area contributed by atoms with Crippen LogP contribution in [-0.2, 0) is 5.41 Å². The van der Waals surface area contributed by atoms with Gasteiger partial charge in [-0.1, -0.05) is 20.8 Å². The second kappa shape index (κ2) is 4.61. The van der Waals surface area contributed by atoms with Crippen molar-refractivity contribution in [2.75, 3.05) is 23.4 Å². The van der Waals surface area contributed by atoms with Gasteiger partial charge in [0.2, 0.25) is 0 Å². The Morgan fingerprint density at radius 3 is 2.58 bits per heavy atom. The van der Waals surface area contributed by atoms with Gasteiger partial charge < -0.3 is 15.4 Å². The Labute approximate surface area is 114 Å². The molecule has 6 nitrogen and oxygen atoms in total. The fourth-order valence-corrected chi connectivity index (χ4v) is 2.15. The Morgan fingerprint density at radius 2 is 2.11 bits per heavy atom. The van der Waals surface area contributed by atoms with Crippen molar-refractivity contribution in [1.82, 2.24) is 9.97 Å². The highest BCUT2D eigenvalue weighted by Gasteiger charge is 2.32. The lowest BCUT2D eigenvalue weighted by Crippen LogP contribution is -2.31. The minimum atomic E-state index is -0.650. The third-order valence-electron chi connectivity index (χ3n) is 3.31. The molecule has 1 aliphatic rings. The van der Waals surface area contributed by atoms with Crippen molar-refractivity contribution < 1.29 is 5.11 Å². The number of nitrogens with zero attached hydrogens (tertiary/aromatic N) is 3. The molecule has 0 aliphatic carbocycles. The summed E-state index contributed by atoms with van der Waals surface area (Å²) in [4.78, 5) is 11.1. The average molecular weight is 265 g/mol. The van der Waals surface area contributed by atoms with E-state index in [2.05, 4.69) is 41.1 Å². The standard InChI is InChI=1S/C13H23N5O/c1-12(2,3)11-15-9(17-14)7-10(16-11)18-6-5-13(4,19)8-18/h7,19H,5-6,8,14H2,1-4H3,(H,15,16,17). The molecule has 2 rings (SSSR count). The molecule has 1 unspecified atom stereocenters. The van der Waals surface area contributed by atoms with E-state index in [1.807, 2.05) is 13.0 Å². The van der Waals surface area contributed by atoms with Gasteiger partial charge in [0.05, 0.1) is 5.60 Å². The molecule has 0 radical (unpaired) electrons. The topological polar surface area (TPSA) is 87.3 Å². The van der Waals surface area contributed by atoms with Crippen LogP contribution in [0.15, 0.2) is 6.07 Å². The number of aromatic nitrogens is 2. The van der Waals surface area contributed by atoms with Crippen LogP contribution in [0.5, 0.6) is 0 Å². The van der Waals surface area contributed by atoms with Crippen LogP contribution in [0.1, 0.15) is 39.9 Å². The molecular formula is C13H23N5O. The van der Waals surface area contributed by atoms with E-state index in [0.29, 0.717) is 12.4 Å². The van der Waals surface area contributed by atoms with Gasteiger partial charge in [-0.3, -0.25) is 0 Å². The second-order valence-corrected chi connectivity index (χ2v) is 6.50. The highest BCUT2D eigenvalue weighted by Crippen LogP contribution is 2.28. The van der Waals surface area contributed by atoms with Gasteiger partial charge in [0.1, 0.15) is 17.5 Å². The Kier molecular flexibility index (Phi) is 3.40. The van der Waals surface area contributed by atoms with Crippen molar-refractivity contribution >= 4 is 11.6 Å². The lowest BCUT2D eigenvalue weighted by molar-refractivity contribution is 0.0839. The minimum absolute atomic E-state index is 0.149. The van der Waals surface area contributed by atoms with Crippen LogP contribution in [0.3, 0.4) is 0 Å². The number of anilines is 2. The number of nitrogen functional groups attached to an aromatic ring is 1. The molecule has 6 heteroatoms. The van der Waals surface area contributed by atoms with Crippen LogP contribution in [0, 0.1) is 0 Å². The molecule has 4 N–H and O–H groups in total. The van der Waals surface area contributed by atoms with Gasteiger partial charge in [0.25, 0.3) is 0 Å². The van der Waals surface area contributed by atoms with E-state index in [0.717, 1.165) is 24.6 Å². The number of nitrogens with two attached hydrogens (primary N) is 1. The summed E-state index contributed by atoms with van der Waals surface area (Å²) in [5, 5.41) is 10.1. The minimum Gasteiger partial charge on any atom is -0.388 e. The van der Waals surface area contributed by atoms with E-state index >= 15 is 0 Å². The first-order valence-electron chi connectivity index (χ1n) is 6.55. The van der Waals surface area contributed by atoms with Gasteiger partial charge in [0, 0.05) is 24.6 Å². The first-order chi connectivity index (χ1) is 8.71. The summed E-state index contributed by atoms with van der Waals surface area (Å²) in [7, 11) is 0. The number of hydrogen-bond donors (Lipinski definition) is 3. The molecule has 2 heterocycles. The summed E-state index contributed by atoms with van der Waals surface area (Å²) in [6.45, 7) is 9.40. The van der Waals surface area contributed by atoms with Crippen LogP contribution in [0.4, 0.5) is 11.6 Å². The molecule has 0 saturated carbocycles. The molecule has 19 heavy (non-hydrogen) atoms. The number of rotatable bonds is 2. The molecule has 0 bridgehead atoms. The van der Waals surface area contributed by atoms with E-state index in [1.54, 1.807) is 0 Å². The maximum absolute atomic E-state index is 10.1. The Balaban J connectivity index is 2.35. The largest absolute Gasteiger partial charge is 0.388 e. The van der Waals surface area contributed by atoms with E-state index in [9.17, 15) is 5.11 Å². The molecule has 1 aromatic rings. The summed E-state index contributed by atoms with van der Waals surface area (Å²) >= 11 is 0.